The Labute approximate surface area is 111 Å². The van der Waals surface area contributed by atoms with Gasteiger partial charge in [0.2, 0.25) is 5.91 Å². The van der Waals surface area contributed by atoms with Gasteiger partial charge in [0.05, 0.1) is 6.04 Å². The van der Waals surface area contributed by atoms with E-state index in [2.05, 4.69) is 31.1 Å². The van der Waals surface area contributed by atoms with Crippen LogP contribution in [0.15, 0.2) is 0 Å². The molecule has 18 heavy (non-hydrogen) atoms. The van der Waals surface area contributed by atoms with Gasteiger partial charge in [-0.3, -0.25) is 9.69 Å². The molecule has 1 aliphatic rings. The summed E-state index contributed by atoms with van der Waals surface area (Å²) in [6, 6.07) is 0.399. The monoisotopic (exact) mass is 255 g/mol. The van der Waals surface area contributed by atoms with Gasteiger partial charge in [0.15, 0.2) is 0 Å². The summed E-state index contributed by atoms with van der Waals surface area (Å²) in [5.41, 5.74) is 5.81. The van der Waals surface area contributed by atoms with Crippen LogP contribution >= 0.6 is 0 Å². The second-order valence-corrected chi connectivity index (χ2v) is 5.97. The van der Waals surface area contributed by atoms with Gasteiger partial charge in [-0.1, -0.05) is 20.3 Å². The number of rotatable bonds is 6. The number of carbonyl (C=O) groups excluding carboxylic acids is 1. The molecular weight excluding hydrogens is 226 g/mol. The van der Waals surface area contributed by atoms with E-state index in [9.17, 15) is 4.79 Å². The van der Waals surface area contributed by atoms with Gasteiger partial charge in [-0.15, -0.1) is 0 Å². The van der Waals surface area contributed by atoms with E-state index in [-0.39, 0.29) is 11.9 Å². The Bertz CT molecular complexity index is 268. The van der Waals surface area contributed by atoms with Crippen molar-refractivity contribution in [1.29, 1.82) is 0 Å². The Morgan fingerprint density at radius 2 is 2.06 bits per heavy atom. The van der Waals surface area contributed by atoms with Gasteiger partial charge < -0.3 is 11.1 Å². The topological polar surface area (TPSA) is 58.4 Å². The minimum atomic E-state index is -0.0686. The number of likely N-dealkylation sites (N-methyl/N-ethyl adjacent to an activating group) is 1. The van der Waals surface area contributed by atoms with Crippen LogP contribution in [0.3, 0.4) is 0 Å². The molecule has 0 aromatic rings. The highest BCUT2D eigenvalue weighted by molar-refractivity contribution is 5.81. The molecule has 0 radical (unpaired) electrons. The van der Waals surface area contributed by atoms with E-state index in [1.165, 1.54) is 19.3 Å². The van der Waals surface area contributed by atoms with Crippen LogP contribution in [0.25, 0.3) is 0 Å². The molecule has 0 saturated heterocycles. The van der Waals surface area contributed by atoms with Gasteiger partial charge in [0, 0.05) is 12.6 Å². The molecule has 0 bridgehead atoms. The molecule has 0 aromatic heterocycles. The molecule has 0 aromatic carbocycles. The van der Waals surface area contributed by atoms with E-state index in [0.717, 1.165) is 13.1 Å². The first kappa shape index (κ1) is 15.4. The number of hydrogen-bond acceptors (Lipinski definition) is 3. The molecule has 3 unspecified atom stereocenters. The minimum absolute atomic E-state index is 0.0686. The summed E-state index contributed by atoms with van der Waals surface area (Å²) in [6.07, 6.45) is 3.60. The second kappa shape index (κ2) is 7.10. The lowest BCUT2D eigenvalue weighted by Crippen LogP contribution is -2.50. The Hall–Kier alpha value is -0.610. The van der Waals surface area contributed by atoms with Crippen molar-refractivity contribution < 1.29 is 4.79 Å². The lowest BCUT2D eigenvalue weighted by molar-refractivity contribution is -0.126. The van der Waals surface area contributed by atoms with Crippen LogP contribution in [0.1, 0.15) is 40.0 Å². The zero-order valence-electron chi connectivity index (χ0n) is 12.3. The van der Waals surface area contributed by atoms with Crippen molar-refractivity contribution in [2.45, 2.75) is 52.1 Å². The molecule has 4 heteroatoms. The number of nitrogens with two attached hydrogens (primary N) is 1. The zero-order chi connectivity index (χ0) is 13.7. The number of carbonyl (C=O) groups is 1. The predicted octanol–water partition coefficient (Wildman–Crippen LogP) is 1.21. The van der Waals surface area contributed by atoms with Crippen LogP contribution in [0, 0.1) is 11.8 Å². The van der Waals surface area contributed by atoms with Crippen molar-refractivity contribution in [1.82, 2.24) is 10.2 Å². The fraction of sp³-hybridized carbons (Fsp3) is 0.929. The molecule has 3 atom stereocenters. The Morgan fingerprint density at radius 3 is 2.61 bits per heavy atom. The molecule has 106 valence electrons. The average Bonchev–Trinajstić information content (AvgIpc) is 2.82. The van der Waals surface area contributed by atoms with Crippen LogP contribution in [-0.4, -0.2) is 43.0 Å². The first-order valence-electron chi connectivity index (χ1n) is 7.17. The van der Waals surface area contributed by atoms with Crippen molar-refractivity contribution in [2.24, 2.45) is 17.6 Å². The van der Waals surface area contributed by atoms with E-state index in [4.69, 9.17) is 5.73 Å². The number of amides is 1. The first-order chi connectivity index (χ1) is 8.47. The fourth-order valence-corrected chi connectivity index (χ4v) is 2.75. The highest BCUT2D eigenvalue weighted by Crippen LogP contribution is 2.29. The third-order valence-corrected chi connectivity index (χ3v) is 4.12. The first-order valence-corrected chi connectivity index (χ1v) is 7.17. The lowest BCUT2D eigenvalue weighted by atomic mass is 10.0. The maximum atomic E-state index is 12.1. The van der Waals surface area contributed by atoms with Crippen molar-refractivity contribution in [3.05, 3.63) is 0 Å². The van der Waals surface area contributed by atoms with Gasteiger partial charge in [0.1, 0.15) is 0 Å². The third-order valence-electron chi connectivity index (χ3n) is 4.12. The van der Waals surface area contributed by atoms with Gasteiger partial charge in [-0.25, -0.2) is 0 Å². The summed E-state index contributed by atoms with van der Waals surface area (Å²) >= 11 is 0. The number of nitrogens with one attached hydrogen (secondary N) is 1. The molecular formula is C14H29N3O. The van der Waals surface area contributed by atoms with Crippen molar-refractivity contribution >= 4 is 5.91 Å². The maximum absolute atomic E-state index is 12.1. The summed E-state index contributed by atoms with van der Waals surface area (Å²) in [6.45, 7) is 7.69. The SMILES string of the molecule is CC(C)CNC(=O)C(C)N(C)C1CCCC1CN. The zero-order valence-corrected chi connectivity index (χ0v) is 12.3. The molecule has 0 heterocycles. The molecule has 1 saturated carbocycles. The highest BCUT2D eigenvalue weighted by atomic mass is 16.2. The van der Waals surface area contributed by atoms with Gasteiger partial charge in [-0.05, 0) is 45.2 Å². The van der Waals surface area contributed by atoms with Crippen LogP contribution in [0.2, 0.25) is 0 Å². The fourth-order valence-electron chi connectivity index (χ4n) is 2.75. The van der Waals surface area contributed by atoms with Crippen molar-refractivity contribution in [3.63, 3.8) is 0 Å². The summed E-state index contributed by atoms with van der Waals surface area (Å²) in [5.74, 6) is 1.18. The Balaban J connectivity index is 2.49. The summed E-state index contributed by atoms with van der Waals surface area (Å²) in [4.78, 5) is 14.3. The van der Waals surface area contributed by atoms with E-state index >= 15 is 0 Å². The average molecular weight is 255 g/mol. The van der Waals surface area contributed by atoms with Gasteiger partial charge in [0.25, 0.3) is 0 Å². The molecule has 0 spiro atoms. The van der Waals surface area contributed by atoms with Crippen LogP contribution in [0.5, 0.6) is 0 Å². The van der Waals surface area contributed by atoms with E-state index in [1.54, 1.807) is 0 Å². The standard InChI is InChI=1S/C14H29N3O/c1-10(2)9-16-14(18)11(3)17(4)13-7-5-6-12(13)8-15/h10-13H,5-9,15H2,1-4H3,(H,16,18). The van der Waals surface area contributed by atoms with Crippen LogP contribution < -0.4 is 11.1 Å². The largest absolute Gasteiger partial charge is 0.354 e. The molecule has 1 aliphatic carbocycles. The second-order valence-electron chi connectivity index (χ2n) is 5.97. The maximum Gasteiger partial charge on any atom is 0.237 e. The molecule has 4 nitrogen and oxygen atoms in total. The molecule has 1 rings (SSSR count). The highest BCUT2D eigenvalue weighted by Gasteiger charge is 2.33. The summed E-state index contributed by atoms with van der Waals surface area (Å²) in [5, 5.41) is 3.01. The smallest absolute Gasteiger partial charge is 0.237 e. The van der Waals surface area contributed by atoms with Crippen LogP contribution in [-0.2, 0) is 4.79 Å². The lowest BCUT2D eigenvalue weighted by Gasteiger charge is -2.33. The normalized spacial score (nSPS) is 25.7. The Kier molecular flexibility index (Phi) is 6.09. The van der Waals surface area contributed by atoms with E-state index in [0.29, 0.717) is 17.9 Å². The van der Waals surface area contributed by atoms with Crippen LogP contribution in [0.4, 0.5) is 0 Å². The Morgan fingerprint density at radius 1 is 1.39 bits per heavy atom. The van der Waals surface area contributed by atoms with E-state index < -0.39 is 0 Å². The molecule has 0 aliphatic heterocycles. The van der Waals surface area contributed by atoms with Gasteiger partial charge >= 0.3 is 0 Å². The molecule has 1 fully saturated rings. The van der Waals surface area contributed by atoms with Crippen molar-refractivity contribution in [2.75, 3.05) is 20.1 Å². The third kappa shape index (κ3) is 3.95. The minimum Gasteiger partial charge on any atom is -0.354 e. The number of nitrogens with zero attached hydrogens (tertiary/aromatic N) is 1. The predicted molar refractivity (Wildman–Crippen MR) is 75.3 cm³/mol. The quantitative estimate of drug-likeness (QED) is 0.750. The van der Waals surface area contributed by atoms with Crippen molar-refractivity contribution in [3.8, 4) is 0 Å². The molecule has 1 amide bonds. The number of hydrogen-bond donors (Lipinski definition) is 2. The summed E-state index contributed by atoms with van der Waals surface area (Å²) < 4.78 is 0. The molecule has 3 N–H and O–H groups in total. The van der Waals surface area contributed by atoms with E-state index in [1.807, 2.05) is 6.92 Å². The van der Waals surface area contributed by atoms with Gasteiger partial charge in [-0.2, -0.15) is 0 Å². The summed E-state index contributed by atoms with van der Waals surface area (Å²) in [7, 11) is 2.05.